The van der Waals surface area contributed by atoms with Crippen LogP contribution in [-0.4, -0.2) is 29.7 Å². The van der Waals surface area contributed by atoms with E-state index < -0.39 is 10.2 Å². The van der Waals surface area contributed by atoms with Gasteiger partial charge < -0.3 is 0 Å². The molecule has 0 aromatic heterocycles. The van der Waals surface area contributed by atoms with Crippen LogP contribution in [0.15, 0.2) is 91.0 Å². The highest BCUT2D eigenvalue weighted by atomic mass is 35.7. The third-order valence-corrected chi connectivity index (χ3v) is 5.93. The molecule has 4 rings (SSSR count). The molecule has 3 unspecified atom stereocenters. The fourth-order valence-corrected chi connectivity index (χ4v) is 4.72. The number of ketones is 1. The quantitative estimate of drug-likeness (QED) is 0.404. The molecule has 1 aliphatic heterocycles. The number of Topliss-reactive ketones (excluding diaryl/α,β-unsaturated/α-hetero) is 1. The lowest BCUT2D eigenvalue weighted by molar-refractivity contribution is -2.00. The Morgan fingerprint density at radius 1 is 0.818 bits per heavy atom. The fraction of sp³-hybridized carbons (Fsp3) is 0.231. The molecule has 0 N–H and O–H groups in total. The summed E-state index contributed by atoms with van der Waals surface area (Å²) in [6, 6.07) is 30.8. The van der Waals surface area contributed by atoms with E-state index in [2.05, 4.69) is 67.1 Å². The minimum atomic E-state index is -4.94. The molecule has 3 aromatic rings. The number of hydrogen-bond donors (Lipinski definition) is 0. The van der Waals surface area contributed by atoms with E-state index in [-0.39, 0.29) is 23.5 Å². The first kappa shape index (κ1) is 24.8. The van der Waals surface area contributed by atoms with Gasteiger partial charge in [0, 0.05) is 23.0 Å². The van der Waals surface area contributed by atoms with Gasteiger partial charge in [-0.2, -0.15) is 0 Å². The van der Waals surface area contributed by atoms with Gasteiger partial charge in [-0.1, -0.05) is 85.8 Å². The molecule has 0 bridgehead atoms. The summed E-state index contributed by atoms with van der Waals surface area (Å²) in [5, 5.41) is 0. The topological polar surface area (TPSA) is 112 Å². The van der Waals surface area contributed by atoms with Gasteiger partial charge in [-0.25, -0.2) is 23.2 Å². The van der Waals surface area contributed by atoms with Gasteiger partial charge in [0.1, 0.15) is 7.05 Å². The minimum absolute atomic E-state index is 0.0720. The molecule has 0 aliphatic carbocycles. The molecule has 0 fully saturated rings. The monoisotopic (exact) mass is 467 g/mol. The van der Waals surface area contributed by atoms with Gasteiger partial charge in [0.2, 0.25) is 0 Å². The Morgan fingerprint density at radius 3 is 1.79 bits per heavy atom. The van der Waals surface area contributed by atoms with Crippen LogP contribution in [0.5, 0.6) is 0 Å². The minimum Gasteiger partial charge on any atom is -0.294 e. The largest absolute Gasteiger partial charge is 0.294 e. The van der Waals surface area contributed by atoms with Gasteiger partial charge in [0.15, 0.2) is 18.0 Å². The van der Waals surface area contributed by atoms with E-state index >= 15 is 0 Å². The summed E-state index contributed by atoms with van der Waals surface area (Å²) in [6.07, 6.45) is 0. The van der Waals surface area contributed by atoms with Crippen molar-refractivity contribution >= 4 is 11.5 Å². The van der Waals surface area contributed by atoms with Gasteiger partial charge in [0.25, 0.3) is 0 Å². The van der Waals surface area contributed by atoms with E-state index in [0.29, 0.717) is 0 Å². The Hall–Kier alpha value is -2.87. The second kappa shape index (κ2) is 10.8. The van der Waals surface area contributed by atoms with Crippen LogP contribution < -0.4 is 18.6 Å². The first-order valence-electron chi connectivity index (χ1n) is 10.6. The van der Waals surface area contributed by atoms with Crippen molar-refractivity contribution in [2.24, 2.45) is 11.8 Å². The van der Waals surface area contributed by atoms with Gasteiger partial charge in [-0.15, -0.1) is 10.2 Å². The normalized spacial score (nSPS) is 20.6. The highest BCUT2D eigenvalue weighted by Crippen LogP contribution is 2.39. The Labute approximate surface area is 195 Å². The fourth-order valence-electron chi connectivity index (χ4n) is 4.72. The zero-order valence-corrected chi connectivity index (χ0v) is 19.2. The van der Waals surface area contributed by atoms with E-state index in [1.165, 1.54) is 16.8 Å². The van der Waals surface area contributed by atoms with Gasteiger partial charge in [0.05, 0.1) is 5.92 Å². The average molecular weight is 468 g/mol. The van der Waals surface area contributed by atoms with Gasteiger partial charge >= 0.3 is 0 Å². The first-order chi connectivity index (χ1) is 15.7. The van der Waals surface area contributed by atoms with Crippen molar-refractivity contribution in [2.45, 2.75) is 12.8 Å². The molecule has 1 heterocycles. The number of halogens is 1. The van der Waals surface area contributed by atoms with Crippen LogP contribution in [0.25, 0.3) is 0 Å². The van der Waals surface area contributed by atoms with Crippen molar-refractivity contribution in [1.29, 1.82) is 0 Å². The third kappa shape index (κ3) is 6.57. The summed E-state index contributed by atoms with van der Waals surface area (Å²) in [6.45, 7) is 2.99. The van der Waals surface area contributed by atoms with E-state index in [9.17, 15) is 4.79 Å². The highest BCUT2D eigenvalue weighted by molar-refractivity contribution is 6.03. The second-order valence-electron chi connectivity index (χ2n) is 8.07. The predicted octanol–water partition coefficient (Wildman–Crippen LogP) is 0.295. The summed E-state index contributed by atoms with van der Waals surface area (Å²) < 4.78 is 36.3. The van der Waals surface area contributed by atoms with Gasteiger partial charge in [-0.3, -0.25) is 4.79 Å². The Balaban J connectivity index is 0.000000555. The maximum atomic E-state index is 13.5. The molecule has 3 atom stereocenters. The SMILES string of the molecule is CC1C(c2ccccc2)=[N+](C)CC(C(=O)c2ccccc2)C1c1ccccc1.[O-][Cl+3]([O-])([O-])[O-]. The summed E-state index contributed by atoms with van der Waals surface area (Å²) in [5.74, 6) is 0.555. The molecule has 6 nitrogen and oxygen atoms in total. The van der Waals surface area contributed by atoms with Crippen molar-refractivity contribution in [3.8, 4) is 0 Å². The molecular formula is C26H26ClNO5. The standard InChI is InChI=1S/C26H26NO.ClHO4/c1-19-24(20-12-6-3-7-13-20)23(26(28)22-16-10-5-11-17-22)18-27(2)25(19)21-14-8-4-9-15-21;2-1(3,4)5/h3-17,19,23-24H,18H2,1-2H3;(H,2,3,4,5)/q+1;/p-1. The van der Waals surface area contributed by atoms with Crippen molar-refractivity contribution < 1.29 is 38.2 Å². The number of carbonyl (C=O) groups excluding carboxylic acids is 1. The molecule has 7 heteroatoms. The molecule has 33 heavy (non-hydrogen) atoms. The van der Waals surface area contributed by atoms with Crippen LogP contribution >= 0.6 is 0 Å². The zero-order valence-electron chi connectivity index (χ0n) is 18.5. The third-order valence-electron chi connectivity index (χ3n) is 5.93. The lowest BCUT2D eigenvalue weighted by Crippen LogP contribution is -2.68. The Bertz CT molecular complexity index is 1080. The van der Waals surface area contributed by atoms with Gasteiger partial charge in [-0.05, 0) is 17.7 Å². The lowest BCUT2D eigenvalue weighted by atomic mass is 9.69. The molecule has 0 radical (unpaired) electrons. The van der Waals surface area contributed by atoms with Crippen LogP contribution in [0.2, 0.25) is 0 Å². The van der Waals surface area contributed by atoms with Crippen LogP contribution in [0.3, 0.4) is 0 Å². The predicted molar refractivity (Wildman–Crippen MR) is 114 cm³/mol. The zero-order chi connectivity index (χ0) is 24.0. The maximum absolute atomic E-state index is 13.5. The lowest BCUT2D eigenvalue weighted by Gasteiger charge is -2.34. The number of hydrogen-bond acceptors (Lipinski definition) is 5. The molecule has 3 aromatic carbocycles. The number of benzene rings is 3. The molecule has 0 saturated carbocycles. The van der Waals surface area contributed by atoms with Crippen LogP contribution in [0.1, 0.15) is 34.3 Å². The average Bonchev–Trinajstić information content (AvgIpc) is 2.79. The van der Waals surface area contributed by atoms with E-state index in [1.54, 1.807) is 0 Å². The summed E-state index contributed by atoms with van der Waals surface area (Å²) in [7, 11) is -2.83. The van der Waals surface area contributed by atoms with Crippen molar-refractivity contribution in [2.75, 3.05) is 13.6 Å². The Kier molecular flexibility index (Phi) is 8.13. The second-order valence-corrected chi connectivity index (χ2v) is 8.83. The molecule has 1 aliphatic rings. The number of rotatable bonds is 4. The van der Waals surface area contributed by atoms with E-state index in [1.807, 2.05) is 42.5 Å². The van der Waals surface area contributed by atoms with E-state index in [4.69, 9.17) is 18.6 Å². The van der Waals surface area contributed by atoms with Crippen LogP contribution in [0, 0.1) is 22.1 Å². The number of nitrogens with zero attached hydrogens (tertiary/aromatic N) is 1. The van der Waals surface area contributed by atoms with E-state index in [0.717, 1.165) is 12.1 Å². The summed E-state index contributed by atoms with van der Waals surface area (Å²) in [5.41, 5.74) is 4.60. The summed E-state index contributed by atoms with van der Waals surface area (Å²) >= 11 is 0. The number of carbonyl (C=O) groups is 1. The highest BCUT2D eigenvalue weighted by Gasteiger charge is 2.44. The summed E-state index contributed by atoms with van der Waals surface area (Å²) in [4.78, 5) is 13.5. The molecule has 0 amide bonds. The molecular weight excluding hydrogens is 442 g/mol. The Morgan fingerprint density at radius 2 is 1.27 bits per heavy atom. The smallest absolute Gasteiger partial charge is 0.186 e. The van der Waals surface area contributed by atoms with Crippen molar-refractivity contribution in [3.05, 3.63) is 108 Å². The molecule has 0 spiro atoms. The van der Waals surface area contributed by atoms with Crippen LogP contribution in [0.4, 0.5) is 0 Å². The molecule has 172 valence electrons. The maximum Gasteiger partial charge on any atom is 0.186 e. The van der Waals surface area contributed by atoms with Crippen LogP contribution in [-0.2, 0) is 0 Å². The molecule has 0 saturated heterocycles. The van der Waals surface area contributed by atoms with Crippen molar-refractivity contribution in [3.63, 3.8) is 0 Å². The first-order valence-corrected chi connectivity index (χ1v) is 11.8. The van der Waals surface area contributed by atoms with Crippen molar-refractivity contribution in [1.82, 2.24) is 0 Å².